The first-order valence-electron chi connectivity index (χ1n) is 7.51. The van der Waals surface area contributed by atoms with Crippen LogP contribution in [0.3, 0.4) is 0 Å². The molecule has 0 atom stereocenters. The van der Waals surface area contributed by atoms with Gasteiger partial charge in [-0.25, -0.2) is 8.78 Å². The first-order valence-corrected chi connectivity index (χ1v) is 7.51. The lowest BCUT2D eigenvalue weighted by molar-refractivity contribution is -0.120. The summed E-state index contributed by atoms with van der Waals surface area (Å²) in [6, 6.07) is 10.3. The second-order valence-corrected chi connectivity index (χ2v) is 5.02. The van der Waals surface area contributed by atoms with Crippen LogP contribution in [0.4, 0.5) is 8.78 Å². The normalized spacial score (nSPS) is 9.72. The Labute approximate surface area is 144 Å². The Morgan fingerprint density at radius 3 is 2.76 bits per heavy atom. The molecule has 2 aromatic carbocycles. The fourth-order valence-electron chi connectivity index (χ4n) is 1.99. The smallest absolute Gasteiger partial charge is 0.225 e. The predicted molar refractivity (Wildman–Crippen MR) is 89.3 cm³/mol. The number of methoxy groups -OCH3 is 1. The lowest BCUT2D eigenvalue weighted by Crippen LogP contribution is -2.25. The molecule has 2 rings (SSSR count). The van der Waals surface area contributed by atoms with Gasteiger partial charge >= 0.3 is 0 Å². The molecule has 0 heterocycles. The van der Waals surface area contributed by atoms with Gasteiger partial charge in [-0.15, -0.1) is 0 Å². The van der Waals surface area contributed by atoms with Crippen LogP contribution in [0.15, 0.2) is 42.5 Å². The molecule has 0 bridgehead atoms. The highest BCUT2D eigenvalue weighted by Crippen LogP contribution is 2.17. The minimum Gasteiger partial charge on any atom is -0.497 e. The Bertz CT molecular complexity index is 797. The highest BCUT2D eigenvalue weighted by molar-refractivity contribution is 5.78. The number of hydrogen-bond donors (Lipinski definition) is 1. The van der Waals surface area contributed by atoms with Gasteiger partial charge in [0.15, 0.2) is 11.6 Å². The average Bonchev–Trinajstić information content (AvgIpc) is 2.59. The molecule has 0 spiro atoms. The minimum absolute atomic E-state index is 0.0612. The van der Waals surface area contributed by atoms with Gasteiger partial charge in [0.2, 0.25) is 5.91 Å². The molecule has 0 aromatic heterocycles. The molecule has 0 aliphatic carbocycles. The molecular formula is C19H17F2NO3. The van der Waals surface area contributed by atoms with Crippen LogP contribution in [0.1, 0.15) is 5.56 Å². The number of carbonyl (C=O) groups excluding carboxylic acids is 1. The Morgan fingerprint density at radius 2 is 2.00 bits per heavy atom. The third kappa shape index (κ3) is 6.15. The second kappa shape index (κ2) is 9.28. The van der Waals surface area contributed by atoms with Crippen molar-refractivity contribution in [1.29, 1.82) is 0 Å². The maximum atomic E-state index is 13.3. The zero-order chi connectivity index (χ0) is 18.1. The average molecular weight is 345 g/mol. The topological polar surface area (TPSA) is 47.6 Å². The van der Waals surface area contributed by atoms with Gasteiger partial charge in [-0.2, -0.15) is 0 Å². The van der Waals surface area contributed by atoms with E-state index in [0.29, 0.717) is 5.75 Å². The molecule has 0 fully saturated rings. The molecule has 0 aliphatic rings. The SMILES string of the molecule is COc1cccc(CC(=O)NCC#CCOc2ccc(F)cc2F)c1. The van der Waals surface area contributed by atoms with Crippen LogP contribution in [-0.4, -0.2) is 26.2 Å². The summed E-state index contributed by atoms with van der Waals surface area (Å²) in [5.74, 6) is 4.33. The van der Waals surface area contributed by atoms with Crippen LogP contribution in [0, 0.1) is 23.5 Å². The standard InChI is InChI=1S/C19H17F2NO3/c1-24-16-6-4-5-14(11-16)12-19(23)22-9-2-3-10-25-18-8-7-15(20)13-17(18)21/h4-8,11,13H,9-10,12H2,1H3,(H,22,23). The van der Waals surface area contributed by atoms with E-state index < -0.39 is 11.6 Å². The zero-order valence-electron chi connectivity index (χ0n) is 13.6. The number of nitrogens with one attached hydrogen (secondary N) is 1. The molecule has 0 unspecified atom stereocenters. The minimum atomic E-state index is -0.784. The number of rotatable bonds is 6. The Balaban J connectivity index is 1.71. The van der Waals surface area contributed by atoms with Crippen LogP contribution in [0.25, 0.3) is 0 Å². The van der Waals surface area contributed by atoms with Gasteiger partial charge in [-0.1, -0.05) is 24.0 Å². The number of halogens is 2. The summed E-state index contributed by atoms with van der Waals surface area (Å²) in [4.78, 5) is 11.8. The fourth-order valence-corrected chi connectivity index (χ4v) is 1.99. The van der Waals surface area contributed by atoms with E-state index in [2.05, 4.69) is 17.2 Å². The molecule has 130 valence electrons. The zero-order valence-corrected chi connectivity index (χ0v) is 13.6. The molecule has 6 heteroatoms. The van der Waals surface area contributed by atoms with Crippen LogP contribution >= 0.6 is 0 Å². The Hall–Kier alpha value is -3.07. The molecule has 0 saturated heterocycles. The summed E-state index contributed by atoms with van der Waals surface area (Å²) in [5, 5.41) is 2.65. The van der Waals surface area contributed by atoms with Gasteiger partial charge in [0.25, 0.3) is 0 Å². The summed E-state index contributed by atoms with van der Waals surface area (Å²) in [7, 11) is 1.56. The highest BCUT2D eigenvalue weighted by atomic mass is 19.1. The molecule has 25 heavy (non-hydrogen) atoms. The van der Waals surface area contributed by atoms with Gasteiger partial charge < -0.3 is 14.8 Å². The quantitative estimate of drug-likeness (QED) is 0.819. The summed E-state index contributed by atoms with van der Waals surface area (Å²) in [6.45, 7) is 0.0897. The molecule has 0 saturated carbocycles. The van der Waals surface area contributed by atoms with E-state index in [0.717, 1.165) is 17.7 Å². The molecule has 1 N–H and O–H groups in total. The van der Waals surface area contributed by atoms with Gasteiger partial charge in [-0.05, 0) is 29.8 Å². The Kier molecular flexibility index (Phi) is 6.78. The lowest BCUT2D eigenvalue weighted by atomic mass is 10.1. The van der Waals surface area contributed by atoms with Crippen molar-refractivity contribution in [2.24, 2.45) is 0 Å². The van der Waals surface area contributed by atoms with Crippen LogP contribution in [-0.2, 0) is 11.2 Å². The van der Waals surface area contributed by atoms with E-state index in [1.165, 1.54) is 6.07 Å². The predicted octanol–water partition coefficient (Wildman–Crippen LogP) is 2.71. The van der Waals surface area contributed by atoms with E-state index in [9.17, 15) is 13.6 Å². The number of benzene rings is 2. The molecule has 0 radical (unpaired) electrons. The largest absolute Gasteiger partial charge is 0.497 e. The van der Waals surface area contributed by atoms with Crippen molar-refractivity contribution in [2.45, 2.75) is 6.42 Å². The third-order valence-corrected chi connectivity index (χ3v) is 3.19. The number of hydrogen-bond acceptors (Lipinski definition) is 3. The lowest BCUT2D eigenvalue weighted by Gasteiger charge is -2.04. The monoisotopic (exact) mass is 345 g/mol. The highest BCUT2D eigenvalue weighted by Gasteiger charge is 2.04. The summed E-state index contributed by atoms with van der Waals surface area (Å²) < 4.78 is 36.2. The first-order chi connectivity index (χ1) is 12.1. The van der Waals surface area contributed by atoms with Crippen molar-refractivity contribution >= 4 is 5.91 Å². The molecule has 4 nitrogen and oxygen atoms in total. The van der Waals surface area contributed by atoms with E-state index in [1.54, 1.807) is 19.2 Å². The maximum absolute atomic E-state index is 13.3. The van der Waals surface area contributed by atoms with Gasteiger partial charge in [-0.3, -0.25) is 4.79 Å². The second-order valence-electron chi connectivity index (χ2n) is 5.02. The van der Waals surface area contributed by atoms with Crippen molar-refractivity contribution in [3.8, 4) is 23.3 Å². The van der Waals surface area contributed by atoms with Gasteiger partial charge in [0, 0.05) is 6.07 Å². The van der Waals surface area contributed by atoms with Crippen LogP contribution < -0.4 is 14.8 Å². The third-order valence-electron chi connectivity index (χ3n) is 3.19. The van der Waals surface area contributed by atoms with Crippen LogP contribution in [0.2, 0.25) is 0 Å². The van der Waals surface area contributed by atoms with Gasteiger partial charge in [0.05, 0.1) is 20.1 Å². The molecular weight excluding hydrogens is 328 g/mol. The molecule has 2 aromatic rings. The van der Waals surface area contributed by atoms with Crippen molar-refractivity contribution in [2.75, 3.05) is 20.3 Å². The van der Waals surface area contributed by atoms with Crippen LogP contribution in [0.5, 0.6) is 11.5 Å². The maximum Gasteiger partial charge on any atom is 0.225 e. The van der Waals surface area contributed by atoms with E-state index in [1.807, 2.05) is 12.1 Å². The number of amides is 1. The van der Waals surface area contributed by atoms with Crippen molar-refractivity contribution < 1.29 is 23.0 Å². The molecule has 1 amide bonds. The number of carbonyl (C=O) groups is 1. The van der Waals surface area contributed by atoms with E-state index in [4.69, 9.17) is 9.47 Å². The van der Waals surface area contributed by atoms with E-state index >= 15 is 0 Å². The number of ether oxygens (including phenoxy) is 2. The summed E-state index contributed by atoms with van der Waals surface area (Å²) in [5.41, 5.74) is 0.833. The van der Waals surface area contributed by atoms with Gasteiger partial charge in [0.1, 0.15) is 18.2 Å². The summed E-state index contributed by atoms with van der Waals surface area (Å²) >= 11 is 0. The van der Waals surface area contributed by atoms with E-state index in [-0.39, 0.29) is 31.2 Å². The fraction of sp³-hybridized carbons (Fsp3) is 0.211. The molecule has 0 aliphatic heterocycles. The van der Waals surface area contributed by atoms with Crippen molar-refractivity contribution in [1.82, 2.24) is 5.32 Å². The first kappa shape index (κ1) is 18.3. The van der Waals surface area contributed by atoms with Crippen molar-refractivity contribution in [3.05, 3.63) is 59.7 Å². The summed E-state index contributed by atoms with van der Waals surface area (Å²) in [6.07, 6.45) is 0.218. The van der Waals surface area contributed by atoms with Crippen molar-refractivity contribution in [3.63, 3.8) is 0 Å². The Morgan fingerprint density at radius 1 is 1.16 bits per heavy atom.